The van der Waals surface area contributed by atoms with Gasteiger partial charge in [-0.05, 0) is 19.1 Å². The Labute approximate surface area is 110 Å². The van der Waals surface area contributed by atoms with Crippen LogP contribution in [0.1, 0.15) is 11.3 Å². The standard InChI is InChI=1S/C12H13FN4S/c1-7-6-10(17(2)16-7)15-9-5-3-4-8(13)11(9)12(14)18/h3-6,15H,1-2H3,(H2,14,18). The minimum Gasteiger partial charge on any atom is -0.389 e. The molecule has 0 saturated heterocycles. The maximum atomic E-state index is 13.7. The number of aromatic nitrogens is 2. The van der Waals surface area contributed by atoms with Gasteiger partial charge in [-0.25, -0.2) is 4.39 Å². The van der Waals surface area contributed by atoms with Crippen molar-refractivity contribution < 1.29 is 4.39 Å². The van der Waals surface area contributed by atoms with Gasteiger partial charge in [0, 0.05) is 13.1 Å². The summed E-state index contributed by atoms with van der Waals surface area (Å²) in [7, 11) is 1.80. The summed E-state index contributed by atoms with van der Waals surface area (Å²) in [6.45, 7) is 1.88. The molecule has 0 aliphatic rings. The number of rotatable bonds is 3. The van der Waals surface area contributed by atoms with Crippen LogP contribution in [0.15, 0.2) is 24.3 Å². The molecule has 0 saturated carbocycles. The van der Waals surface area contributed by atoms with Crippen molar-refractivity contribution in [2.24, 2.45) is 12.8 Å². The summed E-state index contributed by atoms with van der Waals surface area (Å²) in [5.74, 6) is 0.307. The first-order valence-electron chi connectivity index (χ1n) is 5.35. The third-order valence-corrected chi connectivity index (χ3v) is 2.73. The summed E-state index contributed by atoms with van der Waals surface area (Å²) in [5, 5.41) is 7.28. The average Bonchev–Trinajstić information content (AvgIpc) is 2.57. The molecule has 2 rings (SSSR count). The lowest BCUT2D eigenvalue weighted by Gasteiger charge is -2.11. The van der Waals surface area contributed by atoms with Gasteiger partial charge in [0.1, 0.15) is 16.6 Å². The number of hydrogen-bond acceptors (Lipinski definition) is 3. The minimum atomic E-state index is -0.439. The third kappa shape index (κ3) is 2.33. The maximum absolute atomic E-state index is 13.7. The van der Waals surface area contributed by atoms with Crippen LogP contribution < -0.4 is 11.1 Å². The van der Waals surface area contributed by atoms with Crippen LogP contribution in [0, 0.1) is 12.7 Å². The molecular formula is C12H13FN4S. The van der Waals surface area contributed by atoms with Gasteiger partial charge in [0.25, 0.3) is 0 Å². The molecule has 4 nitrogen and oxygen atoms in total. The number of anilines is 2. The van der Waals surface area contributed by atoms with Gasteiger partial charge in [-0.15, -0.1) is 0 Å². The summed E-state index contributed by atoms with van der Waals surface area (Å²) in [6.07, 6.45) is 0. The fourth-order valence-corrected chi connectivity index (χ4v) is 1.95. The smallest absolute Gasteiger partial charge is 0.135 e. The van der Waals surface area contributed by atoms with Gasteiger partial charge in [-0.2, -0.15) is 5.10 Å². The average molecular weight is 264 g/mol. The molecule has 6 heteroatoms. The molecule has 0 spiro atoms. The molecule has 1 aromatic heterocycles. The first kappa shape index (κ1) is 12.5. The molecule has 0 aliphatic carbocycles. The van der Waals surface area contributed by atoms with Crippen molar-refractivity contribution in [3.8, 4) is 0 Å². The highest BCUT2D eigenvalue weighted by atomic mass is 32.1. The van der Waals surface area contributed by atoms with Gasteiger partial charge in [-0.1, -0.05) is 18.3 Å². The number of halogens is 1. The first-order chi connectivity index (χ1) is 8.49. The van der Waals surface area contributed by atoms with Crippen LogP contribution in [0.4, 0.5) is 15.9 Å². The first-order valence-corrected chi connectivity index (χ1v) is 5.76. The molecule has 0 atom stereocenters. The summed E-state index contributed by atoms with van der Waals surface area (Å²) < 4.78 is 15.3. The number of nitrogens with zero attached hydrogens (tertiary/aromatic N) is 2. The topological polar surface area (TPSA) is 55.9 Å². The third-order valence-electron chi connectivity index (χ3n) is 2.52. The fourth-order valence-electron chi connectivity index (χ4n) is 1.74. The molecule has 0 amide bonds. The fraction of sp³-hybridized carbons (Fsp3) is 0.167. The molecule has 1 heterocycles. The molecule has 3 N–H and O–H groups in total. The lowest BCUT2D eigenvalue weighted by Crippen LogP contribution is -2.14. The Balaban J connectivity index is 2.43. The van der Waals surface area contributed by atoms with Gasteiger partial charge in [0.2, 0.25) is 0 Å². The Bertz CT molecular complexity index is 606. The van der Waals surface area contributed by atoms with E-state index >= 15 is 0 Å². The predicted octanol–water partition coefficient (Wildman–Crippen LogP) is 2.25. The molecule has 2 aromatic rings. The number of thiocarbonyl (C=S) groups is 1. The van der Waals surface area contributed by atoms with Gasteiger partial charge in [0.05, 0.1) is 16.9 Å². The van der Waals surface area contributed by atoms with Crippen LogP contribution in [0.5, 0.6) is 0 Å². The van der Waals surface area contributed by atoms with E-state index in [-0.39, 0.29) is 10.6 Å². The van der Waals surface area contributed by atoms with Crippen molar-refractivity contribution in [2.45, 2.75) is 6.92 Å². The number of hydrogen-bond donors (Lipinski definition) is 2. The number of nitrogens with two attached hydrogens (primary N) is 1. The maximum Gasteiger partial charge on any atom is 0.135 e. The van der Waals surface area contributed by atoms with E-state index in [1.54, 1.807) is 23.9 Å². The summed E-state index contributed by atoms with van der Waals surface area (Å²) in [4.78, 5) is 0.0227. The van der Waals surface area contributed by atoms with E-state index in [1.807, 2.05) is 13.0 Å². The van der Waals surface area contributed by atoms with Crippen molar-refractivity contribution in [3.05, 3.63) is 41.3 Å². The number of nitrogens with one attached hydrogen (secondary N) is 1. The number of benzene rings is 1. The number of aryl methyl sites for hydroxylation is 2. The lowest BCUT2D eigenvalue weighted by molar-refractivity contribution is 0.626. The highest BCUT2D eigenvalue weighted by Crippen LogP contribution is 2.23. The van der Waals surface area contributed by atoms with Crippen molar-refractivity contribution in [1.82, 2.24) is 9.78 Å². The van der Waals surface area contributed by atoms with E-state index < -0.39 is 5.82 Å². The Morgan fingerprint density at radius 2 is 2.22 bits per heavy atom. The predicted molar refractivity (Wildman–Crippen MR) is 73.5 cm³/mol. The van der Waals surface area contributed by atoms with Crippen molar-refractivity contribution in [3.63, 3.8) is 0 Å². The molecule has 1 aromatic carbocycles. The quantitative estimate of drug-likeness (QED) is 0.835. The van der Waals surface area contributed by atoms with Crippen LogP contribution in [-0.2, 0) is 7.05 Å². The second kappa shape index (κ2) is 4.73. The summed E-state index contributed by atoms with van der Waals surface area (Å²) >= 11 is 4.87. The van der Waals surface area contributed by atoms with E-state index in [0.29, 0.717) is 5.69 Å². The minimum absolute atomic E-state index is 0.0227. The highest BCUT2D eigenvalue weighted by molar-refractivity contribution is 7.80. The van der Waals surface area contributed by atoms with E-state index in [9.17, 15) is 4.39 Å². The van der Waals surface area contributed by atoms with Crippen LogP contribution in [0.25, 0.3) is 0 Å². The van der Waals surface area contributed by atoms with E-state index in [0.717, 1.165) is 11.5 Å². The lowest BCUT2D eigenvalue weighted by atomic mass is 10.1. The van der Waals surface area contributed by atoms with E-state index in [4.69, 9.17) is 18.0 Å². The van der Waals surface area contributed by atoms with E-state index in [2.05, 4.69) is 10.4 Å². The zero-order valence-electron chi connectivity index (χ0n) is 10.1. The normalized spacial score (nSPS) is 10.4. The van der Waals surface area contributed by atoms with Gasteiger partial charge in [-0.3, -0.25) is 4.68 Å². The van der Waals surface area contributed by atoms with Gasteiger partial charge >= 0.3 is 0 Å². The summed E-state index contributed by atoms with van der Waals surface area (Å²) in [5.41, 5.74) is 7.16. The zero-order chi connectivity index (χ0) is 13.3. The van der Waals surface area contributed by atoms with Crippen LogP contribution in [0.3, 0.4) is 0 Å². The zero-order valence-corrected chi connectivity index (χ0v) is 10.9. The van der Waals surface area contributed by atoms with E-state index in [1.165, 1.54) is 6.07 Å². The Kier molecular flexibility index (Phi) is 3.29. The van der Waals surface area contributed by atoms with Crippen LogP contribution in [-0.4, -0.2) is 14.8 Å². The Hall–Kier alpha value is -1.95. The molecule has 0 aliphatic heterocycles. The largest absolute Gasteiger partial charge is 0.389 e. The Morgan fingerprint density at radius 3 is 2.78 bits per heavy atom. The van der Waals surface area contributed by atoms with Crippen molar-refractivity contribution >= 4 is 28.7 Å². The molecule has 0 radical (unpaired) electrons. The van der Waals surface area contributed by atoms with Crippen LogP contribution >= 0.6 is 12.2 Å². The second-order valence-electron chi connectivity index (χ2n) is 3.95. The molecule has 18 heavy (non-hydrogen) atoms. The van der Waals surface area contributed by atoms with Crippen molar-refractivity contribution in [1.29, 1.82) is 0 Å². The molecule has 94 valence electrons. The summed E-state index contributed by atoms with van der Waals surface area (Å²) in [6, 6.07) is 6.50. The molecule has 0 unspecified atom stereocenters. The highest BCUT2D eigenvalue weighted by Gasteiger charge is 2.12. The SMILES string of the molecule is Cc1cc(Nc2cccc(F)c2C(N)=S)n(C)n1. The Morgan fingerprint density at radius 1 is 1.50 bits per heavy atom. The van der Waals surface area contributed by atoms with Gasteiger partial charge < -0.3 is 11.1 Å². The van der Waals surface area contributed by atoms with Gasteiger partial charge in [0.15, 0.2) is 0 Å². The van der Waals surface area contributed by atoms with Crippen molar-refractivity contribution in [2.75, 3.05) is 5.32 Å². The second-order valence-corrected chi connectivity index (χ2v) is 4.39. The molecule has 0 bridgehead atoms. The monoisotopic (exact) mass is 264 g/mol. The van der Waals surface area contributed by atoms with Crippen LogP contribution in [0.2, 0.25) is 0 Å². The molecule has 0 fully saturated rings. The molecular weight excluding hydrogens is 251 g/mol.